The van der Waals surface area contributed by atoms with Crippen LogP contribution in [0.4, 0.5) is 0 Å². The van der Waals surface area contributed by atoms with Crippen LogP contribution in [0.3, 0.4) is 0 Å². The summed E-state index contributed by atoms with van der Waals surface area (Å²) in [6, 6.07) is -1.76. The van der Waals surface area contributed by atoms with Gasteiger partial charge in [0.25, 0.3) is 0 Å². The highest BCUT2D eigenvalue weighted by Crippen LogP contribution is 2.05. The van der Waals surface area contributed by atoms with Gasteiger partial charge in [-0.25, -0.2) is 9.78 Å². The molecular weight excluding hydrogens is 224 g/mol. The number of carboxylic acids is 1. The lowest BCUT2D eigenvalue weighted by Gasteiger charge is -2.15. The number of hydrogen-bond donors (Lipinski definition) is 4. The molecule has 7 heteroatoms. The molecule has 0 bridgehead atoms. The standard InChI is InChI=1S/C10H16N4O3/c1-5(11)9(15)14-8(10(16)17)3-7-6(2)12-4-13-7/h4-5,8H,3,11H2,1-2H3,(H,12,13)(H,14,15)(H,16,17). The van der Waals surface area contributed by atoms with Crippen LogP contribution in [0, 0.1) is 6.92 Å². The van der Waals surface area contributed by atoms with Crippen molar-refractivity contribution in [3.05, 3.63) is 17.7 Å². The zero-order valence-corrected chi connectivity index (χ0v) is 9.73. The summed E-state index contributed by atoms with van der Waals surface area (Å²) in [5, 5.41) is 11.4. The van der Waals surface area contributed by atoms with Gasteiger partial charge in [0.15, 0.2) is 0 Å². The van der Waals surface area contributed by atoms with E-state index in [1.54, 1.807) is 6.92 Å². The third-order valence-corrected chi connectivity index (χ3v) is 2.36. The number of aliphatic carboxylic acids is 1. The Balaban J connectivity index is 2.71. The number of nitrogens with zero attached hydrogens (tertiary/aromatic N) is 1. The van der Waals surface area contributed by atoms with Gasteiger partial charge in [0, 0.05) is 12.1 Å². The quantitative estimate of drug-likeness (QED) is 0.535. The second kappa shape index (κ2) is 5.44. The van der Waals surface area contributed by atoms with Crippen LogP contribution in [-0.2, 0) is 16.0 Å². The molecule has 7 nitrogen and oxygen atoms in total. The minimum Gasteiger partial charge on any atom is -0.480 e. The monoisotopic (exact) mass is 240 g/mol. The zero-order valence-electron chi connectivity index (χ0n) is 9.73. The van der Waals surface area contributed by atoms with Crippen molar-refractivity contribution in [1.29, 1.82) is 0 Å². The Morgan fingerprint density at radius 2 is 2.29 bits per heavy atom. The van der Waals surface area contributed by atoms with Gasteiger partial charge in [-0.2, -0.15) is 0 Å². The third kappa shape index (κ3) is 3.56. The van der Waals surface area contributed by atoms with Gasteiger partial charge in [-0.3, -0.25) is 4.79 Å². The number of aromatic nitrogens is 2. The van der Waals surface area contributed by atoms with Crippen molar-refractivity contribution in [2.75, 3.05) is 0 Å². The maximum atomic E-state index is 11.3. The molecule has 0 radical (unpaired) electrons. The van der Waals surface area contributed by atoms with Crippen LogP contribution in [0.5, 0.6) is 0 Å². The first-order chi connectivity index (χ1) is 7.91. The largest absolute Gasteiger partial charge is 0.480 e. The van der Waals surface area contributed by atoms with Crippen molar-refractivity contribution in [2.45, 2.75) is 32.4 Å². The van der Waals surface area contributed by atoms with Gasteiger partial charge in [-0.1, -0.05) is 0 Å². The summed E-state index contributed by atoms with van der Waals surface area (Å²) in [6.07, 6.45) is 1.61. The smallest absolute Gasteiger partial charge is 0.326 e. The Kier molecular flexibility index (Phi) is 4.22. The molecule has 0 aromatic carbocycles. The van der Waals surface area contributed by atoms with E-state index in [-0.39, 0.29) is 6.42 Å². The van der Waals surface area contributed by atoms with E-state index in [0.717, 1.165) is 5.69 Å². The number of nitrogens with two attached hydrogens (primary N) is 1. The lowest BCUT2D eigenvalue weighted by atomic mass is 10.1. The summed E-state index contributed by atoms with van der Waals surface area (Å²) in [7, 11) is 0. The average Bonchev–Trinajstić information content (AvgIpc) is 2.62. The molecule has 5 N–H and O–H groups in total. The Bertz CT molecular complexity index is 413. The molecule has 0 spiro atoms. The Labute approximate surface area is 98.4 Å². The van der Waals surface area contributed by atoms with E-state index in [4.69, 9.17) is 10.8 Å². The molecule has 1 heterocycles. The Morgan fingerprint density at radius 3 is 2.71 bits per heavy atom. The maximum Gasteiger partial charge on any atom is 0.326 e. The Morgan fingerprint density at radius 1 is 1.65 bits per heavy atom. The van der Waals surface area contributed by atoms with E-state index in [9.17, 15) is 9.59 Å². The zero-order chi connectivity index (χ0) is 13.0. The number of nitrogens with one attached hydrogen (secondary N) is 2. The Hall–Kier alpha value is -1.89. The summed E-state index contributed by atoms with van der Waals surface area (Å²) in [5.74, 6) is -1.60. The van der Waals surface area contributed by atoms with Gasteiger partial charge in [-0.05, 0) is 13.8 Å². The van der Waals surface area contributed by atoms with E-state index in [1.165, 1.54) is 13.3 Å². The van der Waals surface area contributed by atoms with Gasteiger partial charge in [0.2, 0.25) is 5.91 Å². The maximum absolute atomic E-state index is 11.3. The molecule has 2 atom stereocenters. The fourth-order valence-corrected chi connectivity index (χ4v) is 1.29. The van der Waals surface area contributed by atoms with Crippen molar-refractivity contribution in [1.82, 2.24) is 15.3 Å². The lowest BCUT2D eigenvalue weighted by molar-refractivity contribution is -0.141. The average molecular weight is 240 g/mol. The van der Waals surface area contributed by atoms with Crippen molar-refractivity contribution in [3.8, 4) is 0 Å². The van der Waals surface area contributed by atoms with Crippen molar-refractivity contribution in [2.24, 2.45) is 5.73 Å². The van der Waals surface area contributed by atoms with Crippen LogP contribution in [0.1, 0.15) is 18.3 Å². The van der Waals surface area contributed by atoms with Crippen LogP contribution in [0.25, 0.3) is 0 Å². The number of hydrogen-bond acceptors (Lipinski definition) is 4. The molecule has 1 rings (SSSR count). The van der Waals surface area contributed by atoms with Crippen molar-refractivity contribution in [3.63, 3.8) is 0 Å². The van der Waals surface area contributed by atoms with E-state index < -0.39 is 24.0 Å². The number of aromatic amines is 1. The number of rotatable bonds is 5. The van der Waals surface area contributed by atoms with Crippen LogP contribution in [-0.4, -0.2) is 39.0 Å². The van der Waals surface area contributed by atoms with Crippen LogP contribution >= 0.6 is 0 Å². The molecule has 0 saturated carbocycles. The molecule has 17 heavy (non-hydrogen) atoms. The van der Waals surface area contributed by atoms with Crippen molar-refractivity contribution >= 4 is 11.9 Å². The van der Waals surface area contributed by atoms with E-state index in [0.29, 0.717) is 5.69 Å². The summed E-state index contributed by atoms with van der Waals surface area (Å²) in [5.41, 5.74) is 6.76. The van der Waals surface area contributed by atoms with Gasteiger partial charge in [0.05, 0.1) is 18.1 Å². The predicted molar refractivity (Wildman–Crippen MR) is 60.2 cm³/mol. The molecule has 0 fully saturated rings. The molecule has 0 saturated heterocycles. The molecule has 94 valence electrons. The number of amides is 1. The SMILES string of the molecule is Cc1[nH]cnc1CC(NC(=O)C(C)N)C(=O)O. The minimum absolute atomic E-state index is 0.128. The number of carbonyl (C=O) groups excluding carboxylic acids is 1. The molecule has 0 aliphatic rings. The third-order valence-electron chi connectivity index (χ3n) is 2.36. The molecule has 1 aromatic heterocycles. The fraction of sp³-hybridized carbons (Fsp3) is 0.500. The minimum atomic E-state index is -1.11. The van der Waals surface area contributed by atoms with Gasteiger partial charge >= 0.3 is 5.97 Å². The highest BCUT2D eigenvalue weighted by Gasteiger charge is 2.23. The topological polar surface area (TPSA) is 121 Å². The lowest BCUT2D eigenvalue weighted by Crippen LogP contribution is -2.48. The summed E-state index contributed by atoms with van der Waals surface area (Å²) >= 11 is 0. The van der Waals surface area contributed by atoms with Gasteiger partial charge in [0.1, 0.15) is 6.04 Å². The molecular formula is C10H16N4O3. The van der Waals surface area contributed by atoms with Gasteiger partial charge < -0.3 is 21.1 Å². The first-order valence-electron chi connectivity index (χ1n) is 5.19. The number of imidazole rings is 1. The molecule has 1 amide bonds. The molecule has 0 aliphatic heterocycles. The normalized spacial score (nSPS) is 14.1. The number of carboxylic acid groups (broad SMARTS) is 1. The number of carbonyl (C=O) groups is 2. The highest BCUT2D eigenvalue weighted by atomic mass is 16.4. The van der Waals surface area contributed by atoms with E-state index in [1.807, 2.05) is 0 Å². The second-order valence-corrected chi connectivity index (χ2v) is 3.87. The number of aryl methyl sites for hydroxylation is 1. The second-order valence-electron chi connectivity index (χ2n) is 3.87. The summed E-state index contributed by atoms with van der Waals surface area (Å²) < 4.78 is 0. The van der Waals surface area contributed by atoms with E-state index in [2.05, 4.69) is 15.3 Å². The van der Waals surface area contributed by atoms with Crippen LogP contribution in [0.2, 0.25) is 0 Å². The molecule has 1 aromatic rings. The van der Waals surface area contributed by atoms with Crippen LogP contribution in [0.15, 0.2) is 6.33 Å². The van der Waals surface area contributed by atoms with Crippen molar-refractivity contribution < 1.29 is 14.7 Å². The predicted octanol–water partition coefficient (Wildman–Crippen LogP) is -0.823. The highest BCUT2D eigenvalue weighted by molar-refractivity contribution is 5.86. The van der Waals surface area contributed by atoms with E-state index >= 15 is 0 Å². The number of H-pyrrole nitrogens is 1. The summed E-state index contributed by atoms with van der Waals surface area (Å²) in [4.78, 5) is 29.2. The summed E-state index contributed by atoms with van der Waals surface area (Å²) in [6.45, 7) is 3.28. The van der Waals surface area contributed by atoms with Crippen LogP contribution < -0.4 is 11.1 Å². The first kappa shape index (κ1) is 13.2. The first-order valence-corrected chi connectivity index (χ1v) is 5.19. The molecule has 2 unspecified atom stereocenters. The molecule has 0 aliphatic carbocycles. The van der Waals surface area contributed by atoms with Gasteiger partial charge in [-0.15, -0.1) is 0 Å². The fourth-order valence-electron chi connectivity index (χ4n) is 1.29.